The summed E-state index contributed by atoms with van der Waals surface area (Å²) in [6.45, 7) is 0. The molecule has 0 amide bonds. The lowest BCUT2D eigenvalue weighted by molar-refractivity contribution is 0.582. The van der Waals surface area contributed by atoms with Crippen molar-refractivity contribution in [2.24, 2.45) is 0 Å². The van der Waals surface area contributed by atoms with Gasteiger partial charge >= 0.3 is 0 Å². The lowest BCUT2D eigenvalue weighted by Gasteiger charge is -2.00. The van der Waals surface area contributed by atoms with Gasteiger partial charge in [0.2, 0.25) is 0 Å². The van der Waals surface area contributed by atoms with E-state index in [1.54, 1.807) is 12.5 Å². The molecule has 0 aliphatic rings. The highest BCUT2D eigenvalue weighted by atomic mass is 16.3. The third-order valence-electron chi connectivity index (χ3n) is 2.48. The molecule has 3 rings (SSSR count). The van der Waals surface area contributed by atoms with Crippen LogP contribution in [0.4, 0.5) is 0 Å². The van der Waals surface area contributed by atoms with E-state index in [4.69, 9.17) is 4.42 Å². The number of H-pyrrole nitrogens is 1. The van der Waals surface area contributed by atoms with Gasteiger partial charge in [-0.2, -0.15) is 5.10 Å². The van der Waals surface area contributed by atoms with E-state index in [9.17, 15) is 0 Å². The molecule has 0 aliphatic heterocycles. The van der Waals surface area contributed by atoms with E-state index in [1.807, 2.05) is 36.4 Å². The zero-order valence-corrected chi connectivity index (χ0v) is 8.55. The summed E-state index contributed by atoms with van der Waals surface area (Å²) in [5, 5.41) is 6.89. The maximum absolute atomic E-state index is 5.37. The van der Waals surface area contributed by atoms with E-state index in [0.29, 0.717) is 0 Å². The predicted octanol–water partition coefficient (Wildman–Crippen LogP) is 3.34. The third-order valence-corrected chi connectivity index (χ3v) is 2.48. The molecule has 16 heavy (non-hydrogen) atoms. The molecule has 2 aromatic heterocycles. The van der Waals surface area contributed by atoms with E-state index in [1.165, 1.54) is 0 Å². The molecule has 2 heterocycles. The molecular weight excluding hydrogens is 200 g/mol. The quantitative estimate of drug-likeness (QED) is 0.704. The van der Waals surface area contributed by atoms with Crippen molar-refractivity contribution < 1.29 is 4.42 Å². The van der Waals surface area contributed by atoms with Crippen molar-refractivity contribution in [1.82, 2.24) is 10.2 Å². The Morgan fingerprint density at radius 2 is 1.94 bits per heavy atom. The van der Waals surface area contributed by atoms with Crippen LogP contribution in [0.5, 0.6) is 0 Å². The monoisotopic (exact) mass is 210 g/mol. The second kappa shape index (κ2) is 3.70. The molecule has 0 atom stereocenters. The molecule has 0 aliphatic carbocycles. The third kappa shape index (κ3) is 1.52. The second-order valence-electron chi connectivity index (χ2n) is 3.53. The van der Waals surface area contributed by atoms with Crippen LogP contribution < -0.4 is 0 Å². The summed E-state index contributed by atoms with van der Waals surface area (Å²) >= 11 is 0. The summed E-state index contributed by atoms with van der Waals surface area (Å²) in [7, 11) is 0. The fourth-order valence-electron chi connectivity index (χ4n) is 1.70. The fraction of sp³-hybridized carbons (Fsp3) is 0. The van der Waals surface area contributed by atoms with Gasteiger partial charge in [0.1, 0.15) is 5.76 Å². The molecule has 3 heteroatoms. The van der Waals surface area contributed by atoms with Gasteiger partial charge in [-0.1, -0.05) is 18.2 Å². The number of nitrogens with one attached hydrogen (secondary N) is 1. The first-order chi connectivity index (χ1) is 7.93. The van der Waals surface area contributed by atoms with Crippen molar-refractivity contribution in [2.45, 2.75) is 0 Å². The molecule has 3 aromatic rings. The summed E-state index contributed by atoms with van der Waals surface area (Å²) < 4.78 is 5.37. The molecule has 0 fully saturated rings. The van der Waals surface area contributed by atoms with Crippen LogP contribution in [0, 0.1) is 0 Å². The Morgan fingerprint density at radius 3 is 2.69 bits per heavy atom. The Labute approximate surface area is 92.7 Å². The van der Waals surface area contributed by atoms with Crippen LogP contribution in [0.25, 0.3) is 22.6 Å². The van der Waals surface area contributed by atoms with Crippen molar-refractivity contribution in [3.8, 4) is 22.6 Å². The van der Waals surface area contributed by atoms with Crippen LogP contribution in [0.1, 0.15) is 0 Å². The molecule has 0 spiro atoms. The minimum Gasteiger partial charge on any atom is -0.464 e. The summed E-state index contributed by atoms with van der Waals surface area (Å²) in [6.07, 6.45) is 3.42. The van der Waals surface area contributed by atoms with Gasteiger partial charge in [-0.3, -0.25) is 5.10 Å². The average Bonchev–Trinajstić information content (AvgIpc) is 3.03. The standard InChI is InChI=1S/C13H10N2O/c1-3-10(12-6-7-14-15-12)9-11(4-1)13-5-2-8-16-13/h1-9H,(H,14,15). The largest absolute Gasteiger partial charge is 0.464 e. The number of hydrogen-bond donors (Lipinski definition) is 1. The maximum atomic E-state index is 5.37. The number of nitrogens with zero attached hydrogens (tertiary/aromatic N) is 1. The van der Waals surface area contributed by atoms with Crippen LogP contribution in [-0.4, -0.2) is 10.2 Å². The minimum atomic E-state index is 0.876. The van der Waals surface area contributed by atoms with Crippen molar-refractivity contribution in [3.63, 3.8) is 0 Å². The number of aromatic nitrogens is 2. The number of hydrogen-bond acceptors (Lipinski definition) is 2. The van der Waals surface area contributed by atoms with Gasteiger partial charge in [0.25, 0.3) is 0 Å². The molecule has 1 N–H and O–H groups in total. The number of furan rings is 1. The smallest absolute Gasteiger partial charge is 0.133 e. The first-order valence-electron chi connectivity index (χ1n) is 5.07. The Balaban J connectivity index is 2.07. The van der Waals surface area contributed by atoms with Crippen LogP contribution >= 0.6 is 0 Å². The highest BCUT2D eigenvalue weighted by Gasteiger charge is 2.03. The first kappa shape index (κ1) is 8.97. The van der Waals surface area contributed by atoms with E-state index in [0.717, 1.165) is 22.6 Å². The topological polar surface area (TPSA) is 41.8 Å². The van der Waals surface area contributed by atoms with Gasteiger partial charge in [-0.15, -0.1) is 0 Å². The SMILES string of the molecule is c1cc(-c2ccn[nH]2)cc(-c2ccco2)c1. The zero-order valence-electron chi connectivity index (χ0n) is 8.55. The zero-order chi connectivity index (χ0) is 10.8. The number of rotatable bonds is 2. The van der Waals surface area contributed by atoms with E-state index in [2.05, 4.69) is 16.3 Å². The van der Waals surface area contributed by atoms with E-state index >= 15 is 0 Å². The van der Waals surface area contributed by atoms with Gasteiger partial charge in [0.05, 0.1) is 12.0 Å². The number of aromatic amines is 1. The summed E-state index contributed by atoms with van der Waals surface area (Å²) in [5.74, 6) is 0.876. The van der Waals surface area contributed by atoms with E-state index in [-0.39, 0.29) is 0 Å². The van der Waals surface area contributed by atoms with Gasteiger partial charge in [-0.25, -0.2) is 0 Å². The van der Waals surface area contributed by atoms with E-state index < -0.39 is 0 Å². The van der Waals surface area contributed by atoms with Crippen molar-refractivity contribution in [3.05, 3.63) is 54.9 Å². The van der Waals surface area contributed by atoms with Gasteiger partial charge in [0, 0.05) is 17.3 Å². The molecule has 78 valence electrons. The van der Waals surface area contributed by atoms with Crippen LogP contribution in [0.3, 0.4) is 0 Å². The van der Waals surface area contributed by atoms with Gasteiger partial charge in [-0.05, 0) is 24.3 Å². The Morgan fingerprint density at radius 1 is 1.00 bits per heavy atom. The Hall–Kier alpha value is -2.29. The lowest BCUT2D eigenvalue weighted by Crippen LogP contribution is -1.80. The Bertz CT molecular complexity index is 518. The highest BCUT2D eigenvalue weighted by Crippen LogP contribution is 2.25. The summed E-state index contributed by atoms with van der Waals surface area (Å²) in [6, 6.07) is 13.9. The van der Waals surface area contributed by atoms with Gasteiger partial charge in [0.15, 0.2) is 0 Å². The normalized spacial score (nSPS) is 10.5. The Kier molecular flexibility index (Phi) is 2.07. The van der Waals surface area contributed by atoms with Crippen molar-refractivity contribution >= 4 is 0 Å². The van der Waals surface area contributed by atoms with Crippen LogP contribution in [0.2, 0.25) is 0 Å². The molecule has 0 radical (unpaired) electrons. The molecule has 3 nitrogen and oxygen atoms in total. The maximum Gasteiger partial charge on any atom is 0.133 e. The second-order valence-corrected chi connectivity index (χ2v) is 3.53. The minimum absolute atomic E-state index is 0.876. The molecule has 0 bridgehead atoms. The van der Waals surface area contributed by atoms with Crippen LogP contribution in [0.15, 0.2) is 59.3 Å². The first-order valence-corrected chi connectivity index (χ1v) is 5.07. The molecule has 0 unspecified atom stereocenters. The lowest BCUT2D eigenvalue weighted by atomic mass is 10.1. The highest BCUT2D eigenvalue weighted by molar-refractivity contribution is 5.68. The van der Waals surface area contributed by atoms with Gasteiger partial charge < -0.3 is 4.42 Å². The predicted molar refractivity (Wildman–Crippen MR) is 61.7 cm³/mol. The average molecular weight is 210 g/mol. The van der Waals surface area contributed by atoms with Crippen molar-refractivity contribution in [1.29, 1.82) is 0 Å². The van der Waals surface area contributed by atoms with Crippen LogP contribution in [-0.2, 0) is 0 Å². The molecule has 0 saturated carbocycles. The molecular formula is C13H10N2O. The number of benzene rings is 1. The summed E-state index contributed by atoms with van der Waals surface area (Å²) in [4.78, 5) is 0. The molecule has 1 aromatic carbocycles. The molecule has 0 saturated heterocycles. The fourth-order valence-corrected chi connectivity index (χ4v) is 1.70. The summed E-state index contributed by atoms with van der Waals surface area (Å²) in [5.41, 5.74) is 3.18. The van der Waals surface area contributed by atoms with Crippen molar-refractivity contribution in [2.75, 3.05) is 0 Å².